The smallest absolute Gasteiger partial charge is 0.0629 e. The fraction of sp³-hybridized carbons (Fsp3) is 0. The van der Waals surface area contributed by atoms with Gasteiger partial charge in [0.05, 0.1) is 12.5 Å². The highest BCUT2D eigenvalue weighted by atomic mass is 79.9. The maximum absolute atomic E-state index is 8.30. The molecule has 5 aromatic carbocycles. The van der Waals surface area contributed by atoms with E-state index in [0.717, 1.165) is 32.3 Å². The minimum Gasteiger partial charge on any atom is -0.310 e. The van der Waals surface area contributed by atoms with Crippen molar-refractivity contribution >= 4 is 43.8 Å². The molecule has 0 amide bonds. The molecule has 0 fully saturated rings. The predicted molar refractivity (Wildman–Crippen MR) is 132 cm³/mol. The first-order chi connectivity index (χ1) is 16.9. The molecule has 0 aromatic heterocycles. The number of fused-ring (bicyclic) bond motifs is 1. The minimum atomic E-state index is -0.391. The van der Waals surface area contributed by atoms with Gasteiger partial charge in [0, 0.05) is 21.2 Å². The van der Waals surface area contributed by atoms with E-state index in [1.165, 1.54) is 0 Å². The molecule has 1 nitrogen and oxygen atoms in total. The van der Waals surface area contributed by atoms with E-state index in [1.807, 2.05) is 60.7 Å². The topological polar surface area (TPSA) is 3.24 Å². The first-order valence-electron chi connectivity index (χ1n) is 12.1. The van der Waals surface area contributed by atoms with Crippen molar-refractivity contribution in [1.82, 2.24) is 0 Å². The Morgan fingerprint density at radius 3 is 2.00 bits per heavy atom. The molecule has 5 aromatic rings. The van der Waals surface area contributed by atoms with Crippen molar-refractivity contribution in [3.05, 3.63) is 126 Å². The van der Waals surface area contributed by atoms with Gasteiger partial charge in [-0.05, 0) is 52.9 Å². The zero-order valence-corrected chi connectivity index (χ0v) is 17.6. The Labute approximate surface area is 192 Å². The third-order valence-corrected chi connectivity index (χ3v) is 5.71. The highest BCUT2D eigenvalue weighted by Gasteiger charge is 2.15. The van der Waals surface area contributed by atoms with E-state index >= 15 is 0 Å². The van der Waals surface area contributed by atoms with Crippen molar-refractivity contribution in [1.29, 1.82) is 0 Å². The van der Waals surface area contributed by atoms with Crippen LogP contribution in [-0.4, -0.2) is 0 Å². The molecular weight excluding hydrogens is 430 g/mol. The Morgan fingerprint density at radius 2 is 1.23 bits per heavy atom. The van der Waals surface area contributed by atoms with Crippen molar-refractivity contribution in [2.24, 2.45) is 0 Å². The lowest BCUT2D eigenvalue weighted by molar-refractivity contribution is 1.30. The number of hydrogen-bond acceptors (Lipinski definition) is 1. The molecule has 0 bridgehead atoms. The summed E-state index contributed by atoms with van der Waals surface area (Å²) < 4.78 is 41.5. The number of benzene rings is 5. The third-order valence-electron chi connectivity index (χ3n) is 5.02. The lowest BCUT2D eigenvalue weighted by Gasteiger charge is -2.27. The molecule has 0 atom stereocenters. The van der Waals surface area contributed by atoms with Crippen molar-refractivity contribution in [2.75, 3.05) is 4.90 Å². The summed E-state index contributed by atoms with van der Waals surface area (Å²) >= 11 is 3.66. The SMILES string of the molecule is [2H]c1c([2H])c([2H])c(-c2ccc(N(c3ccccc3)c3cccc4c(Br)cccc34)cc2)c([2H])c1[2H]. The molecule has 0 saturated heterocycles. The summed E-state index contributed by atoms with van der Waals surface area (Å²) in [5.41, 5.74) is 3.64. The number of halogens is 1. The molecule has 30 heavy (non-hydrogen) atoms. The highest BCUT2D eigenvalue weighted by Crippen LogP contribution is 2.40. The van der Waals surface area contributed by atoms with Gasteiger partial charge in [-0.1, -0.05) is 101 Å². The van der Waals surface area contributed by atoms with Crippen molar-refractivity contribution in [3.63, 3.8) is 0 Å². The second kappa shape index (κ2) is 8.17. The molecule has 144 valence electrons. The lowest BCUT2D eigenvalue weighted by atomic mass is 10.0. The Morgan fingerprint density at radius 1 is 0.567 bits per heavy atom. The summed E-state index contributed by atoms with van der Waals surface area (Å²) in [5.74, 6) is 0. The van der Waals surface area contributed by atoms with Gasteiger partial charge in [-0.2, -0.15) is 0 Å². The number of rotatable bonds is 4. The normalized spacial score (nSPS) is 13.2. The molecule has 0 spiro atoms. The number of nitrogens with zero attached hydrogens (tertiary/aromatic N) is 1. The maximum Gasteiger partial charge on any atom is 0.0629 e. The van der Waals surface area contributed by atoms with Crippen LogP contribution in [0.1, 0.15) is 6.85 Å². The van der Waals surface area contributed by atoms with Crippen LogP contribution < -0.4 is 4.90 Å². The maximum atomic E-state index is 8.30. The van der Waals surface area contributed by atoms with Crippen LogP contribution >= 0.6 is 15.9 Å². The van der Waals surface area contributed by atoms with Gasteiger partial charge in [0.25, 0.3) is 0 Å². The fourth-order valence-corrected chi connectivity index (χ4v) is 4.12. The van der Waals surface area contributed by atoms with Gasteiger partial charge in [0.2, 0.25) is 0 Å². The average Bonchev–Trinajstić information content (AvgIpc) is 2.89. The van der Waals surface area contributed by atoms with Crippen molar-refractivity contribution in [3.8, 4) is 11.1 Å². The Bertz CT molecular complexity index is 1520. The summed E-state index contributed by atoms with van der Waals surface area (Å²) in [7, 11) is 0. The average molecular weight is 455 g/mol. The van der Waals surface area contributed by atoms with Crippen LogP contribution in [-0.2, 0) is 0 Å². The molecule has 0 aliphatic heterocycles. The molecule has 5 rings (SSSR count). The van der Waals surface area contributed by atoms with Crippen LogP contribution in [0.2, 0.25) is 0 Å². The lowest BCUT2D eigenvalue weighted by Crippen LogP contribution is -2.10. The first kappa shape index (κ1) is 13.8. The number of para-hydroxylation sites is 1. The van der Waals surface area contributed by atoms with Gasteiger partial charge in [-0.15, -0.1) is 0 Å². The van der Waals surface area contributed by atoms with Crippen LogP contribution in [0.25, 0.3) is 21.9 Å². The molecule has 0 N–H and O–H groups in total. The Kier molecular flexibility index (Phi) is 3.76. The fourth-order valence-electron chi connectivity index (χ4n) is 3.63. The highest BCUT2D eigenvalue weighted by molar-refractivity contribution is 9.10. The van der Waals surface area contributed by atoms with Gasteiger partial charge in [0.1, 0.15) is 0 Å². The predicted octanol–water partition coefficient (Wildman–Crippen LogP) is 8.74. The van der Waals surface area contributed by atoms with Crippen molar-refractivity contribution < 1.29 is 6.85 Å². The van der Waals surface area contributed by atoms with Gasteiger partial charge in [-0.25, -0.2) is 0 Å². The molecule has 0 unspecified atom stereocenters. The largest absolute Gasteiger partial charge is 0.310 e. The number of anilines is 3. The van der Waals surface area contributed by atoms with E-state index < -0.39 is 6.04 Å². The van der Waals surface area contributed by atoms with Gasteiger partial charge >= 0.3 is 0 Å². The van der Waals surface area contributed by atoms with E-state index in [1.54, 1.807) is 12.1 Å². The van der Waals surface area contributed by atoms with Crippen LogP contribution in [0.3, 0.4) is 0 Å². The zero-order chi connectivity index (χ0) is 24.7. The van der Waals surface area contributed by atoms with Crippen LogP contribution in [0, 0.1) is 0 Å². The Balaban J connectivity index is 1.68. The minimum absolute atomic E-state index is 0.197. The number of hydrogen-bond donors (Lipinski definition) is 0. The van der Waals surface area contributed by atoms with Crippen LogP contribution in [0.5, 0.6) is 0 Å². The second-order valence-electron chi connectivity index (χ2n) is 6.83. The summed E-state index contributed by atoms with van der Waals surface area (Å²) in [6, 6.07) is 28.3. The van der Waals surface area contributed by atoms with Crippen molar-refractivity contribution in [2.45, 2.75) is 0 Å². The molecule has 0 aliphatic carbocycles. The molecule has 0 heterocycles. The first-order valence-corrected chi connectivity index (χ1v) is 10.4. The standard InChI is InChI=1S/C28H20BrN/c29-27-15-7-14-26-25(27)13-8-16-28(26)30(23-11-5-2-6-12-23)24-19-17-22(18-20-24)21-9-3-1-4-10-21/h1-20H/i1D,3D,4D,9D,10D. The van der Waals surface area contributed by atoms with E-state index in [4.69, 9.17) is 6.85 Å². The quantitative estimate of drug-likeness (QED) is 0.262. The summed E-state index contributed by atoms with van der Waals surface area (Å²) in [6.07, 6.45) is 0. The van der Waals surface area contributed by atoms with E-state index in [0.29, 0.717) is 5.56 Å². The van der Waals surface area contributed by atoms with E-state index in [2.05, 4.69) is 39.0 Å². The summed E-state index contributed by atoms with van der Waals surface area (Å²) in [5, 5.41) is 2.18. The Hall–Kier alpha value is -3.36. The summed E-state index contributed by atoms with van der Waals surface area (Å²) in [4.78, 5) is 2.15. The van der Waals surface area contributed by atoms with Gasteiger partial charge in [-0.3, -0.25) is 0 Å². The molecule has 0 aliphatic rings. The monoisotopic (exact) mass is 454 g/mol. The molecule has 0 radical (unpaired) electrons. The zero-order valence-electron chi connectivity index (χ0n) is 21.0. The van der Waals surface area contributed by atoms with E-state index in [-0.39, 0.29) is 29.7 Å². The third kappa shape index (κ3) is 3.51. The van der Waals surface area contributed by atoms with Gasteiger partial charge in [0.15, 0.2) is 0 Å². The van der Waals surface area contributed by atoms with E-state index in [9.17, 15) is 0 Å². The molecular formula is C28H20BrN. The van der Waals surface area contributed by atoms with Crippen LogP contribution in [0.15, 0.2) is 126 Å². The second-order valence-corrected chi connectivity index (χ2v) is 7.68. The molecule has 2 heteroatoms. The van der Waals surface area contributed by atoms with Gasteiger partial charge < -0.3 is 4.90 Å². The van der Waals surface area contributed by atoms with Crippen LogP contribution in [0.4, 0.5) is 17.1 Å². The summed E-state index contributed by atoms with van der Waals surface area (Å²) in [6.45, 7) is 0. The molecule has 0 saturated carbocycles.